The van der Waals surface area contributed by atoms with E-state index in [0.717, 1.165) is 4.47 Å². The Balaban J connectivity index is 2.93. The zero-order valence-electron chi connectivity index (χ0n) is 8.93. The van der Waals surface area contributed by atoms with E-state index in [4.69, 9.17) is 9.84 Å². The van der Waals surface area contributed by atoms with Crippen molar-refractivity contribution in [2.75, 3.05) is 13.7 Å². The van der Waals surface area contributed by atoms with Crippen molar-refractivity contribution in [2.24, 2.45) is 0 Å². The number of benzene rings is 1. The first kappa shape index (κ1) is 13.4. The number of phenolic OH excluding ortho intramolecular Hbond substituents is 1. The number of hydrogen-bond donors (Lipinski definition) is 3. The van der Waals surface area contributed by atoms with E-state index in [2.05, 4.69) is 15.9 Å². The smallest absolute Gasteiger partial charge is 0.121 e. The Morgan fingerprint density at radius 2 is 2.12 bits per heavy atom. The molecule has 0 spiro atoms. The van der Waals surface area contributed by atoms with Crippen LogP contribution in [0, 0.1) is 0 Å². The number of hydrogen-bond acceptors (Lipinski definition) is 4. The molecule has 0 aromatic heterocycles. The molecule has 90 valence electrons. The average Bonchev–Trinajstić information content (AvgIpc) is 2.28. The van der Waals surface area contributed by atoms with Gasteiger partial charge in [0.2, 0.25) is 0 Å². The van der Waals surface area contributed by atoms with E-state index in [1.54, 1.807) is 12.1 Å². The number of aromatic hydroxyl groups is 1. The van der Waals surface area contributed by atoms with Crippen LogP contribution in [0.2, 0.25) is 0 Å². The lowest BCUT2D eigenvalue weighted by molar-refractivity contribution is -0.0262. The monoisotopic (exact) mass is 290 g/mol. The third-order valence-electron chi connectivity index (χ3n) is 2.38. The third kappa shape index (κ3) is 3.18. The van der Waals surface area contributed by atoms with Crippen LogP contribution in [0.15, 0.2) is 22.7 Å². The summed E-state index contributed by atoms with van der Waals surface area (Å²) in [5.41, 5.74) is 0.384. The Labute approximate surface area is 103 Å². The highest BCUT2D eigenvalue weighted by Crippen LogP contribution is 2.31. The van der Waals surface area contributed by atoms with Crippen molar-refractivity contribution in [3.8, 4) is 5.75 Å². The molecular weight excluding hydrogens is 276 g/mol. The molecule has 0 bridgehead atoms. The van der Waals surface area contributed by atoms with E-state index in [-0.39, 0.29) is 12.4 Å². The SMILES string of the molecule is CO[C@@H](CCO)[C@@H](O)c1cc(Br)ccc1O. The van der Waals surface area contributed by atoms with Crippen molar-refractivity contribution < 1.29 is 20.1 Å². The van der Waals surface area contributed by atoms with Crippen LogP contribution in [-0.2, 0) is 4.74 Å². The number of methoxy groups -OCH3 is 1. The zero-order chi connectivity index (χ0) is 12.1. The number of aliphatic hydroxyl groups is 2. The number of phenols is 1. The second kappa shape index (κ2) is 6.20. The van der Waals surface area contributed by atoms with E-state index >= 15 is 0 Å². The zero-order valence-corrected chi connectivity index (χ0v) is 10.5. The first-order valence-corrected chi connectivity index (χ1v) is 5.69. The van der Waals surface area contributed by atoms with Gasteiger partial charge >= 0.3 is 0 Å². The van der Waals surface area contributed by atoms with Crippen molar-refractivity contribution in [2.45, 2.75) is 18.6 Å². The summed E-state index contributed by atoms with van der Waals surface area (Å²) in [6, 6.07) is 4.80. The number of ether oxygens (including phenoxy) is 1. The Kier molecular flexibility index (Phi) is 5.21. The number of halogens is 1. The number of rotatable bonds is 5. The van der Waals surface area contributed by atoms with Crippen LogP contribution < -0.4 is 0 Å². The van der Waals surface area contributed by atoms with Crippen molar-refractivity contribution in [3.63, 3.8) is 0 Å². The van der Waals surface area contributed by atoms with E-state index in [9.17, 15) is 10.2 Å². The molecular formula is C11H15BrO4. The van der Waals surface area contributed by atoms with Crippen LogP contribution in [-0.4, -0.2) is 35.1 Å². The molecule has 0 fully saturated rings. The average molecular weight is 291 g/mol. The van der Waals surface area contributed by atoms with Crippen LogP contribution in [0.1, 0.15) is 18.1 Å². The molecule has 0 amide bonds. The Morgan fingerprint density at radius 3 is 2.69 bits per heavy atom. The largest absolute Gasteiger partial charge is 0.508 e. The van der Waals surface area contributed by atoms with Gasteiger partial charge in [-0.3, -0.25) is 0 Å². The van der Waals surface area contributed by atoms with Crippen LogP contribution in [0.25, 0.3) is 0 Å². The standard InChI is InChI=1S/C11H15BrO4/c1-16-10(4-5-13)11(15)8-6-7(12)2-3-9(8)14/h2-3,6,10-11,13-15H,4-5H2,1H3/t10-,11-/m0/s1. The molecule has 5 heteroatoms. The summed E-state index contributed by atoms with van der Waals surface area (Å²) in [4.78, 5) is 0. The Morgan fingerprint density at radius 1 is 1.44 bits per heavy atom. The molecule has 0 radical (unpaired) electrons. The van der Waals surface area contributed by atoms with Crippen molar-refractivity contribution >= 4 is 15.9 Å². The van der Waals surface area contributed by atoms with Gasteiger partial charge < -0.3 is 20.1 Å². The van der Waals surface area contributed by atoms with Crippen molar-refractivity contribution in [3.05, 3.63) is 28.2 Å². The van der Waals surface area contributed by atoms with Gasteiger partial charge in [0.05, 0.1) is 6.10 Å². The van der Waals surface area contributed by atoms with Gasteiger partial charge in [0.25, 0.3) is 0 Å². The molecule has 0 unspecified atom stereocenters. The van der Waals surface area contributed by atoms with Crippen molar-refractivity contribution in [1.29, 1.82) is 0 Å². The van der Waals surface area contributed by atoms with Gasteiger partial charge in [-0.2, -0.15) is 0 Å². The van der Waals surface area contributed by atoms with Gasteiger partial charge in [-0.05, 0) is 24.6 Å². The molecule has 0 heterocycles. The summed E-state index contributed by atoms with van der Waals surface area (Å²) < 4.78 is 5.83. The van der Waals surface area contributed by atoms with Crippen LogP contribution in [0.4, 0.5) is 0 Å². The van der Waals surface area contributed by atoms with Gasteiger partial charge in [0.1, 0.15) is 11.9 Å². The maximum Gasteiger partial charge on any atom is 0.121 e. The lowest BCUT2D eigenvalue weighted by atomic mass is 10.0. The van der Waals surface area contributed by atoms with Gasteiger partial charge in [0.15, 0.2) is 0 Å². The molecule has 1 aromatic carbocycles. The van der Waals surface area contributed by atoms with E-state index in [0.29, 0.717) is 12.0 Å². The highest BCUT2D eigenvalue weighted by atomic mass is 79.9. The number of aliphatic hydroxyl groups excluding tert-OH is 2. The molecule has 3 N–H and O–H groups in total. The van der Waals surface area contributed by atoms with Gasteiger partial charge in [-0.25, -0.2) is 0 Å². The molecule has 0 aliphatic rings. The van der Waals surface area contributed by atoms with Crippen LogP contribution in [0.5, 0.6) is 5.75 Å². The minimum Gasteiger partial charge on any atom is -0.508 e. The first-order valence-electron chi connectivity index (χ1n) is 4.90. The molecule has 0 saturated heterocycles. The molecule has 0 aliphatic carbocycles. The second-order valence-electron chi connectivity index (χ2n) is 3.43. The summed E-state index contributed by atoms with van der Waals surface area (Å²) in [6.07, 6.45) is -1.19. The summed E-state index contributed by atoms with van der Waals surface area (Å²) in [6.45, 7) is -0.0790. The minimum atomic E-state index is -0.963. The fourth-order valence-electron chi connectivity index (χ4n) is 1.49. The Hall–Kier alpha value is -0.620. The molecule has 1 rings (SSSR count). The van der Waals surface area contributed by atoms with E-state index in [1.807, 2.05) is 0 Å². The lowest BCUT2D eigenvalue weighted by Gasteiger charge is -2.22. The minimum absolute atomic E-state index is 0.00990. The fourth-order valence-corrected chi connectivity index (χ4v) is 1.87. The van der Waals surface area contributed by atoms with Crippen LogP contribution >= 0.6 is 15.9 Å². The lowest BCUT2D eigenvalue weighted by Crippen LogP contribution is -2.22. The summed E-state index contributed by atoms with van der Waals surface area (Å²) >= 11 is 3.26. The molecule has 2 atom stereocenters. The highest BCUT2D eigenvalue weighted by molar-refractivity contribution is 9.10. The molecule has 0 saturated carbocycles. The highest BCUT2D eigenvalue weighted by Gasteiger charge is 2.22. The topological polar surface area (TPSA) is 69.9 Å². The van der Waals surface area contributed by atoms with Crippen LogP contribution in [0.3, 0.4) is 0 Å². The normalized spacial score (nSPS) is 14.8. The van der Waals surface area contributed by atoms with Gasteiger partial charge in [-0.15, -0.1) is 0 Å². The van der Waals surface area contributed by atoms with Crippen molar-refractivity contribution in [1.82, 2.24) is 0 Å². The van der Waals surface area contributed by atoms with Gasteiger partial charge in [0, 0.05) is 23.8 Å². The summed E-state index contributed by atoms with van der Waals surface area (Å²) in [5, 5.41) is 28.4. The van der Waals surface area contributed by atoms with E-state index in [1.165, 1.54) is 13.2 Å². The summed E-state index contributed by atoms with van der Waals surface area (Å²) in [5.74, 6) is 0.00990. The molecule has 16 heavy (non-hydrogen) atoms. The first-order chi connectivity index (χ1) is 7.60. The predicted molar refractivity (Wildman–Crippen MR) is 63.3 cm³/mol. The molecule has 1 aromatic rings. The summed E-state index contributed by atoms with van der Waals surface area (Å²) in [7, 11) is 1.46. The maximum absolute atomic E-state index is 10.00. The Bertz CT molecular complexity index is 343. The quantitative estimate of drug-likeness (QED) is 0.770. The van der Waals surface area contributed by atoms with Gasteiger partial charge in [-0.1, -0.05) is 15.9 Å². The maximum atomic E-state index is 10.00. The fraction of sp³-hybridized carbons (Fsp3) is 0.455. The second-order valence-corrected chi connectivity index (χ2v) is 4.35. The molecule has 0 aliphatic heterocycles. The molecule has 4 nitrogen and oxygen atoms in total. The van der Waals surface area contributed by atoms with E-state index < -0.39 is 12.2 Å². The predicted octanol–water partition coefficient (Wildman–Crippen LogP) is 1.59. The third-order valence-corrected chi connectivity index (χ3v) is 2.87.